The Morgan fingerprint density at radius 3 is 2.29 bits per heavy atom. The number of ether oxygens (including phenoxy) is 2. The smallest absolute Gasteiger partial charge is 0.274 e. The van der Waals surface area contributed by atoms with Gasteiger partial charge in [0, 0.05) is 6.42 Å². The van der Waals surface area contributed by atoms with E-state index in [0.29, 0.717) is 17.7 Å². The van der Waals surface area contributed by atoms with Crippen molar-refractivity contribution in [1.29, 1.82) is 0 Å². The topological polar surface area (TPSA) is 52.8 Å². The number of imidazole rings is 1. The molecule has 6 heteroatoms. The zero-order valence-electron chi connectivity index (χ0n) is 16.7. The van der Waals surface area contributed by atoms with Crippen molar-refractivity contribution >= 4 is 33.4 Å². The van der Waals surface area contributed by atoms with Crippen LogP contribution >= 0.6 is 11.3 Å². The predicted octanol–water partition coefficient (Wildman–Crippen LogP) is 4.30. The highest BCUT2D eigenvalue weighted by Gasteiger charge is 2.10. The lowest BCUT2D eigenvalue weighted by molar-refractivity contribution is 0.247. The van der Waals surface area contributed by atoms with Gasteiger partial charge in [0.05, 0.1) is 28.8 Å². The number of benzene rings is 3. The van der Waals surface area contributed by atoms with Gasteiger partial charge in [-0.1, -0.05) is 53.8 Å². The van der Waals surface area contributed by atoms with Crippen molar-refractivity contribution in [3.63, 3.8) is 0 Å². The maximum absolute atomic E-state index is 12.8. The van der Waals surface area contributed by atoms with E-state index in [1.54, 1.807) is 4.40 Å². The third kappa shape index (κ3) is 4.15. The molecule has 31 heavy (non-hydrogen) atoms. The molecule has 0 bridgehead atoms. The largest absolute Gasteiger partial charge is 0.493 e. The van der Waals surface area contributed by atoms with Crippen molar-refractivity contribution in [2.75, 3.05) is 13.2 Å². The van der Waals surface area contributed by atoms with Crippen LogP contribution in [0.15, 0.2) is 83.7 Å². The lowest BCUT2D eigenvalue weighted by atomic mass is 10.2. The van der Waals surface area contributed by atoms with E-state index >= 15 is 0 Å². The average Bonchev–Trinajstić information content (AvgIpc) is 3.31. The van der Waals surface area contributed by atoms with Gasteiger partial charge in [-0.05, 0) is 48.0 Å². The van der Waals surface area contributed by atoms with Crippen LogP contribution in [0.3, 0.4) is 0 Å². The second kappa shape index (κ2) is 8.62. The Morgan fingerprint density at radius 1 is 0.839 bits per heavy atom. The predicted molar refractivity (Wildman–Crippen MR) is 124 cm³/mol. The van der Waals surface area contributed by atoms with Gasteiger partial charge in [-0.3, -0.25) is 4.79 Å². The van der Waals surface area contributed by atoms with E-state index in [1.807, 2.05) is 84.9 Å². The second-order valence-corrected chi connectivity index (χ2v) is 8.08. The van der Waals surface area contributed by atoms with Gasteiger partial charge in [0.1, 0.15) is 11.5 Å². The van der Waals surface area contributed by atoms with Crippen molar-refractivity contribution in [3.05, 3.63) is 99.3 Å². The summed E-state index contributed by atoms with van der Waals surface area (Å²) < 4.78 is 13.8. The molecule has 3 aromatic carbocycles. The minimum atomic E-state index is -0.0348. The molecule has 0 saturated heterocycles. The molecule has 0 amide bonds. The van der Waals surface area contributed by atoms with Gasteiger partial charge in [0.25, 0.3) is 5.56 Å². The first-order chi connectivity index (χ1) is 15.3. The van der Waals surface area contributed by atoms with E-state index in [1.165, 1.54) is 11.3 Å². The zero-order chi connectivity index (χ0) is 21.0. The summed E-state index contributed by atoms with van der Waals surface area (Å²) in [5, 5.41) is 0. The van der Waals surface area contributed by atoms with E-state index in [-0.39, 0.29) is 5.56 Å². The fourth-order valence-corrected chi connectivity index (χ4v) is 4.37. The monoisotopic (exact) mass is 428 g/mol. The summed E-state index contributed by atoms with van der Waals surface area (Å²) in [5.41, 5.74) is 2.60. The molecular formula is C25H20N2O3S. The summed E-state index contributed by atoms with van der Waals surface area (Å²) in [6.07, 6.45) is 2.69. The Balaban J connectivity index is 1.23. The van der Waals surface area contributed by atoms with E-state index in [0.717, 1.165) is 39.5 Å². The zero-order valence-corrected chi connectivity index (χ0v) is 17.5. The van der Waals surface area contributed by atoms with E-state index < -0.39 is 0 Å². The summed E-state index contributed by atoms with van der Waals surface area (Å²) in [6.45, 7) is 1.19. The first-order valence-corrected chi connectivity index (χ1v) is 10.9. The van der Waals surface area contributed by atoms with Crippen molar-refractivity contribution in [2.24, 2.45) is 0 Å². The molecule has 0 aliphatic heterocycles. The first-order valence-electron chi connectivity index (χ1n) is 10.1. The molecule has 5 rings (SSSR count). The van der Waals surface area contributed by atoms with Crippen molar-refractivity contribution in [1.82, 2.24) is 9.38 Å². The van der Waals surface area contributed by atoms with Gasteiger partial charge < -0.3 is 9.47 Å². The van der Waals surface area contributed by atoms with Crippen LogP contribution in [0.1, 0.15) is 12.0 Å². The van der Waals surface area contributed by atoms with Crippen LogP contribution in [-0.4, -0.2) is 22.6 Å². The molecule has 154 valence electrons. The summed E-state index contributed by atoms with van der Waals surface area (Å²) in [5.74, 6) is 1.67. The number of hydrogen-bond acceptors (Lipinski definition) is 5. The fourth-order valence-electron chi connectivity index (χ4n) is 3.38. The van der Waals surface area contributed by atoms with Crippen molar-refractivity contribution in [2.45, 2.75) is 6.42 Å². The van der Waals surface area contributed by atoms with Gasteiger partial charge in [-0.15, -0.1) is 0 Å². The number of hydrogen-bond donors (Lipinski definition) is 0. The summed E-state index contributed by atoms with van der Waals surface area (Å²) in [4.78, 5) is 18.1. The van der Waals surface area contributed by atoms with Crippen LogP contribution < -0.4 is 19.6 Å². The van der Waals surface area contributed by atoms with E-state index in [4.69, 9.17) is 9.47 Å². The number of rotatable bonds is 7. The molecule has 0 atom stereocenters. The molecule has 0 aliphatic rings. The lowest BCUT2D eigenvalue weighted by Gasteiger charge is -2.08. The molecule has 0 radical (unpaired) electrons. The molecule has 0 saturated carbocycles. The molecular weight excluding hydrogens is 408 g/mol. The molecule has 0 fully saturated rings. The normalized spacial score (nSPS) is 11.9. The highest BCUT2D eigenvalue weighted by molar-refractivity contribution is 7.15. The number of para-hydroxylation sites is 3. The van der Waals surface area contributed by atoms with Crippen LogP contribution in [0.25, 0.3) is 22.1 Å². The van der Waals surface area contributed by atoms with Gasteiger partial charge in [0.15, 0.2) is 4.96 Å². The minimum Gasteiger partial charge on any atom is -0.493 e. The molecule has 2 heterocycles. The third-order valence-corrected chi connectivity index (χ3v) is 5.86. The fraction of sp³-hybridized carbons (Fsp3) is 0.120. The Hall–Kier alpha value is -3.64. The molecule has 2 aromatic heterocycles. The Kier molecular flexibility index (Phi) is 5.37. The van der Waals surface area contributed by atoms with Crippen LogP contribution in [0, 0.1) is 0 Å². The number of aromatic nitrogens is 2. The number of nitrogens with zero attached hydrogens (tertiary/aromatic N) is 2. The van der Waals surface area contributed by atoms with Crippen molar-refractivity contribution in [3.8, 4) is 11.5 Å². The standard InChI is InChI=1S/C25H20N2O3S/c28-24-23(31-25-26-21-9-4-5-10-22(21)27(24)25)17-18-11-13-20(14-12-18)30-16-6-15-29-19-7-2-1-3-8-19/h1-5,7-14,17H,6,15-16H2. The maximum Gasteiger partial charge on any atom is 0.274 e. The van der Waals surface area contributed by atoms with Gasteiger partial charge in [-0.2, -0.15) is 0 Å². The molecule has 5 nitrogen and oxygen atoms in total. The summed E-state index contributed by atoms with van der Waals surface area (Å²) in [6, 6.07) is 25.2. The van der Waals surface area contributed by atoms with Gasteiger partial charge in [-0.25, -0.2) is 9.38 Å². The highest BCUT2D eigenvalue weighted by atomic mass is 32.1. The number of thiazole rings is 1. The molecule has 0 N–H and O–H groups in total. The summed E-state index contributed by atoms with van der Waals surface area (Å²) >= 11 is 1.40. The molecule has 0 aliphatic carbocycles. The quantitative estimate of drug-likeness (QED) is 0.363. The Morgan fingerprint density at radius 2 is 1.52 bits per heavy atom. The molecule has 5 aromatic rings. The second-order valence-electron chi connectivity index (χ2n) is 7.07. The van der Waals surface area contributed by atoms with Gasteiger partial charge >= 0.3 is 0 Å². The van der Waals surface area contributed by atoms with Crippen LogP contribution in [0.4, 0.5) is 0 Å². The van der Waals surface area contributed by atoms with Gasteiger partial charge in [0.2, 0.25) is 0 Å². The van der Waals surface area contributed by atoms with E-state index in [9.17, 15) is 4.79 Å². The van der Waals surface area contributed by atoms with E-state index in [2.05, 4.69) is 4.98 Å². The minimum absolute atomic E-state index is 0.0348. The first kappa shape index (κ1) is 19.3. The summed E-state index contributed by atoms with van der Waals surface area (Å²) in [7, 11) is 0. The average molecular weight is 429 g/mol. The SMILES string of the molecule is O=c1c(=Cc2ccc(OCCCOc3ccccc3)cc2)sc2nc3ccccc3n12. The van der Waals surface area contributed by atoms with Crippen LogP contribution in [-0.2, 0) is 0 Å². The third-order valence-electron chi connectivity index (χ3n) is 4.89. The maximum atomic E-state index is 12.8. The van der Waals surface area contributed by atoms with Crippen LogP contribution in [0.2, 0.25) is 0 Å². The van der Waals surface area contributed by atoms with Crippen LogP contribution in [0.5, 0.6) is 11.5 Å². The highest BCUT2D eigenvalue weighted by Crippen LogP contribution is 2.17. The molecule has 0 spiro atoms. The number of fused-ring (bicyclic) bond motifs is 3. The lowest BCUT2D eigenvalue weighted by Crippen LogP contribution is -2.22. The van der Waals surface area contributed by atoms with Crippen molar-refractivity contribution < 1.29 is 9.47 Å². The Bertz CT molecular complexity index is 1420. The Labute approximate surface area is 182 Å². The molecule has 0 unspecified atom stereocenters.